The van der Waals surface area contributed by atoms with E-state index in [0.717, 1.165) is 22.2 Å². The van der Waals surface area contributed by atoms with Crippen LogP contribution in [0.15, 0.2) is 58.9 Å². The van der Waals surface area contributed by atoms with Crippen molar-refractivity contribution in [2.75, 3.05) is 0 Å². The van der Waals surface area contributed by atoms with E-state index in [-0.39, 0.29) is 5.96 Å². The Labute approximate surface area is 131 Å². The molecule has 7 heteroatoms. The highest BCUT2D eigenvalue weighted by molar-refractivity contribution is 6.30. The van der Waals surface area contributed by atoms with E-state index < -0.39 is 0 Å². The normalized spacial score (nSPS) is 11.6. The number of guanidine groups is 1. The number of halogens is 1. The number of hydrogen-bond donors (Lipinski definition) is 3. The predicted molar refractivity (Wildman–Crippen MR) is 89.0 cm³/mol. The topological polar surface area (TPSA) is 105 Å². The van der Waals surface area contributed by atoms with Gasteiger partial charge >= 0.3 is 0 Å². The van der Waals surface area contributed by atoms with Crippen LogP contribution >= 0.6 is 11.6 Å². The molecule has 0 spiro atoms. The van der Waals surface area contributed by atoms with E-state index in [4.69, 9.17) is 23.1 Å². The van der Waals surface area contributed by atoms with E-state index in [0.29, 0.717) is 10.9 Å². The Balaban J connectivity index is 2.15. The number of fused-ring (bicyclic) bond motifs is 1. The van der Waals surface area contributed by atoms with Crippen LogP contribution in [0.4, 0.5) is 0 Å². The quantitative estimate of drug-likeness (QED) is 0.299. The molecule has 0 fully saturated rings. The molecule has 0 radical (unpaired) electrons. The highest BCUT2D eigenvalue weighted by Crippen LogP contribution is 2.20. The van der Waals surface area contributed by atoms with Crippen LogP contribution in [0.1, 0.15) is 11.3 Å². The Morgan fingerprint density at radius 3 is 2.59 bits per heavy atom. The van der Waals surface area contributed by atoms with Gasteiger partial charge in [-0.05, 0) is 12.1 Å². The Morgan fingerprint density at radius 1 is 1.09 bits per heavy atom. The summed E-state index contributed by atoms with van der Waals surface area (Å²) in [4.78, 5) is 7.30. The maximum absolute atomic E-state index is 5.92. The van der Waals surface area contributed by atoms with Crippen LogP contribution in [0.25, 0.3) is 10.9 Å². The minimum atomic E-state index is -0.103. The fourth-order valence-electron chi connectivity index (χ4n) is 2.10. The number of nitrogens with two attached hydrogens (primary N) is 2. The van der Waals surface area contributed by atoms with Gasteiger partial charge in [0.05, 0.1) is 17.4 Å². The Morgan fingerprint density at radius 2 is 1.86 bits per heavy atom. The second-order valence-corrected chi connectivity index (χ2v) is 5.00. The number of nitrogens with one attached hydrogen (secondary N) is 1. The van der Waals surface area contributed by atoms with Gasteiger partial charge in [0.2, 0.25) is 5.96 Å². The third kappa shape index (κ3) is 2.91. The average Bonchev–Trinajstić information content (AvgIpc) is 2.91. The Hall–Kier alpha value is -2.86. The van der Waals surface area contributed by atoms with Crippen molar-refractivity contribution in [2.45, 2.75) is 0 Å². The van der Waals surface area contributed by atoms with Crippen LogP contribution in [-0.2, 0) is 0 Å². The van der Waals surface area contributed by atoms with E-state index in [1.807, 2.05) is 36.4 Å². The van der Waals surface area contributed by atoms with E-state index in [9.17, 15) is 0 Å². The van der Waals surface area contributed by atoms with Gasteiger partial charge in [0.25, 0.3) is 0 Å². The van der Waals surface area contributed by atoms with Gasteiger partial charge < -0.3 is 16.5 Å². The van der Waals surface area contributed by atoms with Gasteiger partial charge in [-0.3, -0.25) is 0 Å². The number of rotatable bonds is 3. The molecule has 22 heavy (non-hydrogen) atoms. The summed E-state index contributed by atoms with van der Waals surface area (Å²) in [5, 5.41) is 9.28. The molecule has 6 nitrogen and oxygen atoms in total. The summed E-state index contributed by atoms with van der Waals surface area (Å²) in [6.07, 6.45) is 1.67. The summed E-state index contributed by atoms with van der Waals surface area (Å²) in [7, 11) is 0. The number of hydrogen-bond acceptors (Lipinski definition) is 3. The molecule has 5 N–H and O–H groups in total. The second-order valence-electron chi connectivity index (χ2n) is 4.62. The molecule has 0 aliphatic rings. The lowest BCUT2D eigenvalue weighted by Crippen LogP contribution is -2.22. The molecule has 1 aromatic carbocycles. The number of benzene rings is 1. The smallest absolute Gasteiger partial charge is 0.211 e. The van der Waals surface area contributed by atoms with E-state index in [1.165, 1.54) is 0 Å². The third-order valence-corrected chi connectivity index (χ3v) is 3.25. The molecule has 0 amide bonds. The summed E-state index contributed by atoms with van der Waals surface area (Å²) in [6, 6.07) is 13.3. The number of pyridine rings is 1. The average molecular weight is 313 g/mol. The minimum absolute atomic E-state index is 0.103. The van der Waals surface area contributed by atoms with Gasteiger partial charge in [-0.1, -0.05) is 41.9 Å². The molecule has 110 valence electrons. The SMILES string of the molecule is NC(N)=NN=C(c1ccccc1)c1cc2cc(Cl)ncc2[nH]1. The lowest BCUT2D eigenvalue weighted by Gasteiger charge is -2.02. The van der Waals surface area contributed by atoms with Gasteiger partial charge in [0.15, 0.2) is 0 Å². The largest absolute Gasteiger partial charge is 0.369 e. The van der Waals surface area contributed by atoms with Crippen molar-refractivity contribution in [1.29, 1.82) is 0 Å². The van der Waals surface area contributed by atoms with Crippen molar-refractivity contribution < 1.29 is 0 Å². The lowest BCUT2D eigenvalue weighted by atomic mass is 10.1. The van der Waals surface area contributed by atoms with Crippen LogP contribution in [0, 0.1) is 0 Å². The van der Waals surface area contributed by atoms with Crippen molar-refractivity contribution in [3.8, 4) is 0 Å². The Kier molecular flexibility index (Phi) is 3.76. The standard InChI is InChI=1S/C15H13ClN6/c16-13-7-10-6-11(20-12(10)8-19-13)14(21-22-15(17)18)9-4-2-1-3-5-9/h1-8,20H,(H4,17,18,22). The summed E-state index contributed by atoms with van der Waals surface area (Å²) in [6.45, 7) is 0. The van der Waals surface area contributed by atoms with Gasteiger partial charge in [0, 0.05) is 10.9 Å². The molecule has 0 aliphatic heterocycles. The zero-order chi connectivity index (χ0) is 15.5. The molecular weight excluding hydrogens is 300 g/mol. The van der Waals surface area contributed by atoms with Gasteiger partial charge in [-0.2, -0.15) is 0 Å². The molecule has 0 saturated carbocycles. The molecule has 0 aliphatic carbocycles. The molecule has 0 atom stereocenters. The fourth-order valence-corrected chi connectivity index (χ4v) is 2.27. The Bertz CT molecular complexity index is 862. The summed E-state index contributed by atoms with van der Waals surface area (Å²) >= 11 is 5.92. The maximum atomic E-state index is 5.92. The summed E-state index contributed by atoms with van der Waals surface area (Å²) < 4.78 is 0. The van der Waals surface area contributed by atoms with Crippen LogP contribution in [-0.4, -0.2) is 21.6 Å². The minimum Gasteiger partial charge on any atom is -0.369 e. The van der Waals surface area contributed by atoms with E-state index >= 15 is 0 Å². The highest BCUT2D eigenvalue weighted by Gasteiger charge is 2.11. The number of aromatic nitrogens is 2. The molecule has 0 unspecified atom stereocenters. The van der Waals surface area contributed by atoms with Crippen molar-refractivity contribution >= 4 is 34.2 Å². The zero-order valence-electron chi connectivity index (χ0n) is 11.5. The first-order valence-electron chi connectivity index (χ1n) is 6.50. The first-order valence-corrected chi connectivity index (χ1v) is 6.88. The van der Waals surface area contributed by atoms with Crippen LogP contribution < -0.4 is 11.5 Å². The van der Waals surface area contributed by atoms with Crippen LogP contribution in [0.5, 0.6) is 0 Å². The van der Waals surface area contributed by atoms with Crippen molar-refractivity contribution in [3.05, 3.63) is 65.1 Å². The first-order chi connectivity index (χ1) is 10.6. The summed E-state index contributed by atoms with van der Waals surface area (Å²) in [5.41, 5.74) is 13.9. The van der Waals surface area contributed by atoms with Gasteiger partial charge in [-0.25, -0.2) is 4.98 Å². The molecule has 3 rings (SSSR count). The second kappa shape index (κ2) is 5.87. The molecule has 2 aromatic heterocycles. The van der Waals surface area contributed by atoms with E-state index in [2.05, 4.69) is 20.2 Å². The predicted octanol–water partition coefficient (Wildman–Crippen LogP) is 2.24. The van der Waals surface area contributed by atoms with Crippen LogP contribution in [0.3, 0.4) is 0 Å². The lowest BCUT2D eigenvalue weighted by molar-refractivity contribution is 1.19. The number of nitrogens with zero attached hydrogens (tertiary/aromatic N) is 3. The highest BCUT2D eigenvalue weighted by atomic mass is 35.5. The monoisotopic (exact) mass is 312 g/mol. The molecule has 2 heterocycles. The van der Waals surface area contributed by atoms with E-state index in [1.54, 1.807) is 12.3 Å². The molecule has 0 bridgehead atoms. The summed E-state index contributed by atoms with van der Waals surface area (Å²) in [5.74, 6) is -0.103. The number of H-pyrrole nitrogens is 1. The molecule has 0 saturated heterocycles. The maximum Gasteiger partial charge on any atom is 0.211 e. The van der Waals surface area contributed by atoms with Gasteiger partial charge in [-0.15, -0.1) is 10.2 Å². The molecule has 3 aromatic rings. The first kappa shape index (κ1) is 14.1. The van der Waals surface area contributed by atoms with Crippen LogP contribution in [0.2, 0.25) is 5.15 Å². The van der Waals surface area contributed by atoms with Gasteiger partial charge in [0.1, 0.15) is 10.9 Å². The van der Waals surface area contributed by atoms with Crippen molar-refractivity contribution in [2.24, 2.45) is 21.7 Å². The van der Waals surface area contributed by atoms with Crippen molar-refractivity contribution in [1.82, 2.24) is 9.97 Å². The number of aromatic amines is 1. The zero-order valence-corrected chi connectivity index (χ0v) is 12.2. The third-order valence-electron chi connectivity index (χ3n) is 3.04. The molecular formula is C15H13ClN6. The fraction of sp³-hybridized carbons (Fsp3) is 0. The van der Waals surface area contributed by atoms with Crippen molar-refractivity contribution in [3.63, 3.8) is 0 Å².